The van der Waals surface area contributed by atoms with Crippen molar-refractivity contribution in [1.82, 2.24) is 0 Å². The minimum Gasteiger partial charge on any atom is -0.303 e. The Morgan fingerprint density at radius 1 is 0.676 bits per heavy atom. The van der Waals surface area contributed by atoms with Gasteiger partial charge < -0.3 is 9.79 Å². The minimum absolute atomic E-state index is 0.778. The number of benzene rings is 2. The van der Waals surface area contributed by atoms with Crippen LogP contribution in [-0.2, 0) is 34.8 Å². The molecule has 2 rings (SSSR count). The second-order valence-electron chi connectivity index (χ2n) is 9.46. The highest BCUT2D eigenvalue weighted by Crippen LogP contribution is 2.46. The van der Waals surface area contributed by atoms with E-state index in [9.17, 15) is 14.4 Å². The van der Waals surface area contributed by atoms with Crippen molar-refractivity contribution in [3.05, 3.63) is 69.8 Å². The third kappa shape index (κ3) is 9.30. The first-order valence-electron chi connectivity index (χ1n) is 13.3. The number of hydrogen-bond donors (Lipinski definition) is 2. The first-order valence-corrected chi connectivity index (χ1v) is 14.8. The lowest BCUT2D eigenvalue weighted by atomic mass is 9.87. The van der Waals surface area contributed by atoms with Crippen LogP contribution in [-0.4, -0.2) is 9.79 Å². The first kappa shape index (κ1) is 28.8. The third-order valence-electron chi connectivity index (χ3n) is 6.46. The second kappa shape index (κ2) is 14.8. The van der Waals surface area contributed by atoms with Gasteiger partial charge in [-0.1, -0.05) is 89.8 Å². The number of rotatable bonds is 16. The maximum atomic E-state index is 12.1. The van der Waals surface area contributed by atoms with Crippen molar-refractivity contribution < 1.29 is 18.9 Å². The van der Waals surface area contributed by atoms with Crippen molar-refractivity contribution in [2.45, 2.75) is 111 Å². The summed E-state index contributed by atoms with van der Waals surface area (Å²) >= 11 is 0. The molecular weight excluding hydrogens is 443 g/mol. The zero-order valence-corrected chi connectivity index (χ0v) is 22.6. The van der Waals surface area contributed by atoms with Crippen LogP contribution >= 0.6 is 7.82 Å². The van der Waals surface area contributed by atoms with Crippen LogP contribution in [0.5, 0.6) is 0 Å². The fourth-order valence-corrected chi connectivity index (χ4v) is 4.99. The van der Waals surface area contributed by atoms with Gasteiger partial charge in [0.15, 0.2) is 0 Å². The molecule has 0 fully saturated rings. The van der Waals surface area contributed by atoms with Gasteiger partial charge in [-0.25, -0.2) is 4.57 Å². The molecular formula is C29H45O4P. The van der Waals surface area contributed by atoms with E-state index in [1.807, 2.05) is 12.1 Å². The van der Waals surface area contributed by atoms with Crippen molar-refractivity contribution >= 4 is 7.82 Å². The molecule has 0 unspecified atom stereocenters. The van der Waals surface area contributed by atoms with E-state index in [1.165, 1.54) is 11.1 Å². The predicted octanol–water partition coefficient (Wildman–Crippen LogP) is 8.26. The fraction of sp³-hybridized carbons (Fsp3) is 0.586. The summed E-state index contributed by atoms with van der Waals surface area (Å²) in [4.78, 5) is 19.7. The largest absolute Gasteiger partial charge is 0.470 e. The number of hydrogen-bond acceptors (Lipinski definition) is 2. The molecule has 4 nitrogen and oxygen atoms in total. The molecule has 2 N–H and O–H groups in total. The topological polar surface area (TPSA) is 66.8 Å². The van der Waals surface area contributed by atoms with Gasteiger partial charge in [-0.3, -0.25) is 4.52 Å². The van der Waals surface area contributed by atoms with Crippen molar-refractivity contribution in [2.75, 3.05) is 0 Å². The lowest BCUT2D eigenvalue weighted by molar-refractivity contribution is 0.156. The molecule has 0 atom stereocenters. The monoisotopic (exact) mass is 488 g/mol. The van der Waals surface area contributed by atoms with E-state index in [1.54, 1.807) is 0 Å². The Hall–Kier alpha value is -1.45. The zero-order valence-electron chi connectivity index (χ0n) is 21.7. The summed E-state index contributed by atoms with van der Waals surface area (Å²) < 4.78 is 17.7. The Bertz CT molecular complexity index is 855. The third-order valence-corrected chi connectivity index (χ3v) is 6.95. The summed E-state index contributed by atoms with van der Waals surface area (Å²) in [6.07, 6.45) is 11.8. The highest BCUT2D eigenvalue weighted by atomic mass is 31.2. The Balaban J connectivity index is 2.60. The molecule has 2 aromatic rings. The number of phosphoric ester groups is 1. The minimum atomic E-state index is -4.70. The van der Waals surface area contributed by atoms with Gasteiger partial charge in [0.05, 0.1) is 0 Å². The van der Waals surface area contributed by atoms with Crippen molar-refractivity contribution in [1.29, 1.82) is 0 Å². The van der Waals surface area contributed by atoms with Crippen LogP contribution in [0.15, 0.2) is 36.4 Å². The van der Waals surface area contributed by atoms with Crippen LogP contribution < -0.4 is 0 Å². The molecule has 2 aromatic carbocycles. The molecule has 0 heterocycles. The predicted molar refractivity (Wildman–Crippen MR) is 142 cm³/mol. The van der Waals surface area contributed by atoms with E-state index in [0.717, 1.165) is 99.3 Å². The van der Waals surface area contributed by atoms with Crippen molar-refractivity contribution in [2.24, 2.45) is 0 Å². The van der Waals surface area contributed by atoms with E-state index in [2.05, 4.69) is 52.0 Å². The first-order chi connectivity index (χ1) is 16.3. The van der Waals surface area contributed by atoms with Gasteiger partial charge in [0.1, 0.15) is 6.10 Å². The summed E-state index contributed by atoms with van der Waals surface area (Å²) in [5.74, 6) is 0. The van der Waals surface area contributed by atoms with Gasteiger partial charge in [-0.2, -0.15) is 0 Å². The van der Waals surface area contributed by atoms with Crippen molar-refractivity contribution in [3.8, 4) is 0 Å². The number of unbranched alkanes of at least 4 members (excludes halogenated alkanes) is 4. The molecule has 34 heavy (non-hydrogen) atoms. The lowest BCUT2D eigenvalue weighted by Crippen LogP contribution is -2.12. The average Bonchev–Trinajstić information content (AvgIpc) is 2.81. The number of phosphoric acid groups is 1. The second-order valence-corrected chi connectivity index (χ2v) is 10.6. The van der Waals surface area contributed by atoms with Gasteiger partial charge in [-0.05, 0) is 84.7 Å². The highest BCUT2D eigenvalue weighted by molar-refractivity contribution is 7.46. The van der Waals surface area contributed by atoms with Gasteiger partial charge in [-0.15, -0.1) is 0 Å². The molecule has 190 valence electrons. The SMILES string of the molecule is CCCCc1ccc(C(OP(=O)(O)O)c2ccc(CCCC)cc2CCCC)c(CCCC)c1. The lowest BCUT2D eigenvalue weighted by Gasteiger charge is -2.25. The molecule has 0 spiro atoms. The summed E-state index contributed by atoms with van der Waals surface area (Å²) in [6, 6.07) is 12.8. The van der Waals surface area contributed by atoms with Gasteiger partial charge in [0.25, 0.3) is 0 Å². The average molecular weight is 489 g/mol. The Morgan fingerprint density at radius 2 is 1.06 bits per heavy atom. The molecule has 0 radical (unpaired) electrons. The highest BCUT2D eigenvalue weighted by Gasteiger charge is 2.29. The molecule has 0 bridgehead atoms. The van der Waals surface area contributed by atoms with Crippen LogP contribution in [0.3, 0.4) is 0 Å². The molecule has 0 aliphatic heterocycles. The zero-order chi connectivity index (χ0) is 25.0. The molecule has 0 saturated carbocycles. The van der Waals surface area contributed by atoms with Crippen LogP contribution in [0, 0.1) is 0 Å². The molecule has 0 aliphatic carbocycles. The van der Waals surface area contributed by atoms with Gasteiger partial charge in [0, 0.05) is 0 Å². The van der Waals surface area contributed by atoms with E-state index in [-0.39, 0.29) is 0 Å². The fourth-order valence-electron chi connectivity index (χ4n) is 4.49. The van der Waals surface area contributed by atoms with Crippen LogP contribution in [0.25, 0.3) is 0 Å². The quantitative estimate of drug-likeness (QED) is 0.233. The van der Waals surface area contributed by atoms with Crippen LogP contribution in [0.4, 0.5) is 0 Å². The maximum absolute atomic E-state index is 12.1. The molecule has 0 aliphatic rings. The Morgan fingerprint density at radius 3 is 1.41 bits per heavy atom. The molecule has 0 aromatic heterocycles. The summed E-state index contributed by atoms with van der Waals surface area (Å²) in [7, 11) is -4.70. The van der Waals surface area contributed by atoms with Crippen molar-refractivity contribution in [3.63, 3.8) is 0 Å². The van der Waals surface area contributed by atoms with Gasteiger partial charge >= 0.3 is 7.82 Å². The summed E-state index contributed by atoms with van der Waals surface area (Å²) in [5, 5.41) is 0. The number of aryl methyl sites for hydroxylation is 4. The smallest absolute Gasteiger partial charge is 0.303 e. The summed E-state index contributed by atoms with van der Waals surface area (Å²) in [5.41, 5.74) is 6.63. The van der Waals surface area contributed by atoms with E-state index in [0.29, 0.717) is 0 Å². The normalized spacial score (nSPS) is 12.0. The van der Waals surface area contributed by atoms with E-state index >= 15 is 0 Å². The standard InChI is InChI=1S/C29H45O4P/c1-5-9-13-23-17-19-27(25(21-23)15-11-7-3)29(33-34(30,31)32)28-20-18-24(14-10-6-2)22-26(28)16-12-8-4/h17-22,29H,5-16H2,1-4H3,(H2,30,31,32). The Kier molecular flexibility index (Phi) is 12.6. The summed E-state index contributed by atoms with van der Waals surface area (Å²) in [6.45, 7) is 8.72. The van der Waals surface area contributed by atoms with E-state index in [4.69, 9.17) is 4.52 Å². The van der Waals surface area contributed by atoms with Crippen LogP contribution in [0.1, 0.15) is 119 Å². The van der Waals surface area contributed by atoms with Gasteiger partial charge in [0.2, 0.25) is 0 Å². The molecule has 0 saturated heterocycles. The van der Waals surface area contributed by atoms with E-state index < -0.39 is 13.9 Å². The maximum Gasteiger partial charge on any atom is 0.470 e. The molecule has 5 heteroatoms. The van der Waals surface area contributed by atoms with Crippen LogP contribution in [0.2, 0.25) is 0 Å². The Labute approximate surface area is 207 Å². The molecule has 0 amide bonds.